The summed E-state index contributed by atoms with van der Waals surface area (Å²) in [5.41, 5.74) is 0. The minimum Gasteiger partial charge on any atom is -0.477 e. The monoisotopic (exact) mass is 779 g/mol. The molecule has 55 heavy (non-hydrogen) atoms. The van der Waals surface area contributed by atoms with Crippen LogP contribution in [0.1, 0.15) is 206 Å². The third-order valence-electron chi connectivity index (χ3n) is 10.4. The molecule has 0 saturated heterocycles. The molecule has 8 nitrogen and oxygen atoms in total. The molecule has 0 amide bonds. The zero-order chi connectivity index (χ0) is 40.7. The number of unbranched alkanes of at least 4 members (excludes halogenated alkanes) is 24. The molecule has 1 N–H and O–H groups in total. The Kier molecular flexibility index (Phi) is 37.1. The summed E-state index contributed by atoms with van der Waals surface area (Å²) in [4.78, 5) is 37.0. The largest absolute Gasteiger partial charge is 0.477 e. The number of hydrogen-bond acceptors (Lipinski definition) is 6. The van der Waals surface area contributed by atoms with Crippen molar-refractivity contribution >= 4 is 17.9 Å². The first kappa shape index (κ1) is 52.8. The van der Waals surface area contributed by atoms with E-state index in [1.165, 1.54) is 135 Å². The van der Waals surface area contributed by atoms with Gasteiger partial charge in [-0.3, -0.25) is 9.59 Å². The van der Waals surface area contributed by atoms with E-state index in [1.807, 2.05) is 21.1 Å². The van der Waals surface area contributed by atoms with Gasteiger partial charge in [0.1, 0.15) is 6.61 Å². The summed E-state index contributed by atoms with van der Waals surface area (Å²) in [6, 6.07) is -0.612. The quantitative estimate of drug-likeness (QED) is 0.0285. The molecule has 322 valence electrons. The van der Waals surface area contributed by atoms with Crippen LogP contribution in [0.2, 0.25) is 0 Å². The molecule has 2 unspecified atom stereocenters. The van der Waals surface area contributed by atoms with Crippen LogP contribution in [0.25, 0.3) is 0 Å². The Hall–Kier alpha value is -2.19. The Morgan fingerprint density at radius 3 is 1.40 bits per heavy atom. The first-order valence-corrected chi connectivity index (χ1v) is 22.9. The third-order valence-corrected chi connectivity index (χ3v) is 10.4. The van der Waals surface area contributed by atoms with Crippen molar-refractivity contribution in [1.29, 1.82) is 0 Å². The van der Waals surface area contributed by atoms with Crippen molar-refractivity contribution in [2.24, 2.45) is 0 Å². The Morgan fingerprint density at radius 2 is 0.945 bits per heavy atom. The summed E-state index contributed by atoms with van der Waals surface area (Å²) in [5, 5.41) is 9.62. The number of allylic oxidation sites excluding steroid dienone is 4. The molecule has 0 saturated carbocycles. The Bertz CT molecular complexity index is 957. The normalized spacial score (nSPS) is 13.1. The fourth-order valence-electron chi connectivity index (χ4n) is 6.79. The predicted molar refractivity (Wildman–Crippen MR) is 229 cm³/mol. The van der Waals surface area contributed by atoms with Gasteiger partial charge in [-0.15, -0.1) is 0 Å². The fourth-order valence-corrected chi connectivity index (χ4v) is 6.79. The van der Waals surface area contributed by atoms with Gasteiger partial charge in [0.2, 0.25) is 0 Å². The fraction of sp³-hybridized carbons (Fsp3) is 0.851. The molecule has 0 rings (SSSR count). The van der Waals surface area contributed by atoms with Crippen molar-refractivity contribution in [2.75, 3.05) is 41.0 Å². The molecule has 2 atom stereocenters. The number of carbonyl (C=O) groups excluding carboxylic acids is 2. The maximum Gasteiger partial charge on any atom is 0.362 e. The molecular weight excluding hydrogens is 691 g/mol. The highest BCUT2D eigenvalue weighted by molar-refractivity contribution is 5.72. The van der Waals surface area contributed by atoms with Crippen LogP contribution in [0.4, 0.5) is 0 Å². The lowest BCUT2D eigenvalue weighted by atomic mass is 10.0. The number of nitrogens with zero attached hydrogens (tertiary/aromatic N) is 1. The molecule has 0 spiro atoms. The number of carboxylic acid groups (broad SMARTS) is 1. The lowest BCUT2D eigenvalue weighted by Crippen LogP contribution is -2.50. The SMILES string of the molecule is CCCCC/C=C/C=C/CCCCCCCCCCCCC(=O)OC(COCCC(C(=O)O)[N+](C)(C)C)COC(=O)CCCCCCCCCCCCCC. The average molecular weight is 779 g/mol. The standard InChI is InChI=1S/C47H87NO7/c1-6-8-10-12-14-16-18-20-21-22-23-24-25-26-28-30-32-34-36-38-46(50)55-43(41-53-40-39-44(47(51)52)48(3,4)5)42-54-45(49)37-35-33-31-29-27-19-17-15-13-11-9-7-2/h14,16,18,20,43-44H,6-13,15,17,19,21-42H2,1-5H3/p+1/b16-14+,20-18+. The topological polar surface area (TPSA) is 99.1 Å². The minimum atomic E-state index is -0.874. The van der Waals surface area contributed by atoms with E-state index in [2.05, 4.69) is 38.2 Å². The Morgan fingerprint density at radius 1 is 0.545 bits per heavy atom. The van der Waals surface area contributed by atoms with Gasteiger partial charge >= 0.3 is 17.9 Å². The predicted octanol–water partition coefficient (Wildman–Crippen LogP) is 12.5. The number of esters is 2. The highest BCUT2D eigenvalue weighted by Crippen LogP contribution is 2.15. The molecule has 0 aromatic heterocycles. The smallest absolute Gasteiger partial charge is 0.362 e. The summed E-state index contributed by atoms with van der Waals surface area (Å²) < 4.78 is 17.3. The second kappa shape index (κ2) is 38.7. The van der Waals surface area contributed by atoms with Gasteiger partial charge in [-0.25, -0.2) is 4.79 Å². The maximum absolute atomic E-state index is 12.7. The molecule has 0 aromatic rings. The highest BCUT2D eigenvalue weighted by Gasteiger charge is 2.31. The van der Waals surface area contributed by atoms with E-state index < -0.39 is 18.1 Å². The number of likely N-dealkylation sites (N-methyl/N-ethyl adjacent to an activating group) is 1. The first-order valence-electron chi connectivity index (χ1n) is 22.9. The third kappa shape index (κ3) is 37.2. The van der Waals surface area contributed by atoms with Crippen molar-refractivity contribution in [2.45, 2.75) is 219 Å². The zero-order valence-electron chi connectivity index (χ0n) is 36.6. The number of hydrogen-bond donors (Lipinski definition) is 1. The van der Waals surface area contributed by atoms with Gasteiger partial charge in [-0.05, 0) is 38.5 Å². The van der Waals surface area contributed by atoms with Gasteiger partial charge < -0.3 is 23.8 Å². The van der Waals surface area contributed by atoms with Crippen molar-refractivity contribution in [3.63, 3.8) is 0 Å². The van der Waals surface area contributed by atoms with Crippen LogP contribution < -0.4 is 0 Å². The van der Waals surface area contributed by atoms with Gasteiger partial charge in [-0.1, -0.05) is 173 Å². The molecule has 0 radical (unpaired) electrons. The molecule has 0 bridgehead atoms. The minimum absolute atomic E-state index is 0.0479. The first-order chi connectivity index (χ1) is 26.6. The molecular formula is C47H88NO7+. The second-order valence-corrected chi connectivity index (χ2v) is 16.7. The van der Waals surface area contributed by atoms with Crippen LogP contribution in [0, 0.1) is 0 Å². The summed E-state index contributed by atoms with van der Waals surface area (Å²) in [6.45, 7) is 4.72. The zero-order valence-corrected chi connectivity index (χ0v) is 36.6. The van der Waals surface area contributed by atoms with Crippen molar-refractivity contribution in [1.82, 2.24) is 0 Å². The van der Waals surface area contributed by atoms with E-state index in [1.54, 1.807) is 0 Å². The van der Waals surface area contributed by atoms with Crippen molar-refractivity contribution in [3.8, 4) is 0 Å². The summed E-state index contributed by atoms with van der Waals surface area (Å²) in [5.74, 6) is -1.46. The van der Waals surface area contributed by atoms with Crippen LogP contribution in [0.5, 0.6) is 0 Å². The molecule has 0 fully saturated rings. The summed E-state index contributed by atoms with van der Waals surface area (Å²) >= 11 is 0. The Labute approximate surface area is 339 Å². The summed E-state index contributed by atoms with van der Waals surface area (Å²) in [6.07, 6.45) is 42.1. The average Bonchev–Trinajstić information content (AvgIpc) is 3.14. The summed E-state index contributed by atoms with van der Waals surface area (Å²) in [7, 11) is 5.53. The molecule has 0 heterocycles. The molecule has 0 aliphatic heterocycles. The number of rotatable bonds is 41. The van der Waals surface area contributed by atoms with E-state index in [4.69, 9.17) is 14.2 Å². The maximum atomic E-state index is 12.7. The number of carboxylic acids is 1. The van der Waals surface area contributed by atoms with Gasteiger partial charge in [0.05, 0.1) is 34.4 Å². The molecule has 0 aromatic carbocycles. The van der Waals surface area contributed by atoms with Crippen LogP contribution in [-0.2, 0) is 28.6 Å². The number of aliphatic carboxylic acids is 1. The van der Waals surface area contributed by atoms with Crippen LogP contribution in [0.15, 0.2) is 24.3 Å². The van der Waals surface area contributed by atoms with E-state index in [9.17, 15) is 19.5 Å². The Balaban J connectivity index is 4.28. The second-order valence-electron chi connectivity index (χ2n) is 16.7. The van der Waals surface area contributed by atoms with Gasteiger partial charge in [-0.2, -0.15) is 0 Å². The van der Waals surface area contributed by atoms with Crippen LogP contribution >= 0.6 is 0 Å². The van der Waals surface area contributed by atoms with E-state index in [-0.39, 0.29) is 36.2 Å². The van der Waals surface area contributed by atoms with Crippen LogP contribution in [-0.4, -0.2) is 80.6 Å². The van der Waals surface area contributed by atoms with Gasteiger partial charge in [0.25, 0.3) is 0 Å². The van der Waals surface area contributed by atoms with Crippen molar-refractivity contribution in [3.05, 3.63) is 24.3 Å². The van der Waals surface area contributed by atoms with E-state index in [0.29, 0.717) is 19.3 Å². The number of ether oxygens (including phenoxy) is 3. The molecule has 0 aliphatic rings. The highest BCUT2D eigenvalue weighted by atomic mass is 16.6. The van der Waals surface area contributed by atoms with E-state index >= 15 is 0 Å². The number of carbonyl (C=O) groups is 3. The van der Waals surface area contributed by atoms with Crippen molar-refractivity contribution < 1.29 is 38.2 Å². The number of quaternary nitrogens is 1. The lowest BCUT2D eigenvalue weighted by Gasteiger charge is -2.31. The van der Waals surface area contributed by atoms with Gasteiger partial charge in [0, 0.05) is 19.3 Å². The molecule has 8 heteroatoms. The van der Waals surface area contributed by atoms with Gasteiger partial charge in [0.15, 0.2) is 12.1 Å². The molecule has 0 aliphatic carbocycles. The van der Waals surface area contributed by atoms with Crippen LogP contribution in [0.3, 0.4) is 0 Å². The lowest BCUT2D eigenvalue weighted by molar-refractivity contribution is -0.887. The van der Waals surface area contributed by atoms with E-state index in [0.717, 1.165) is 38.5 Å².